The van der Waals surface area contributed by atoms with Gasteiger partial charge in [0.05, 0.1) is 17.1 Å². The molecule has 41 heavy (non-hydrogen) atoms. The van der Waals surface area contributed by atoms with Crippen LogP contribution in [0.2, 0.25) is 0 Å². The number of nitrogens with zero attached hydrogens (tertiary/aromatic N) is 2. The van der Waals surface area contributed by atoms with Crippen LogP contribution in [-0.2, 0) is 26.2 Å². The predicted octanol–water partition coefficient (Wildman–Crippen LogP) is 4.35. The number of sulfonamides is 1. The molecular weight excluding hydrogens is 538 g/mol. The van der Waals surface area contributed by atoms with Crippen LogP contribution in [0.1, 0.15) is 18.4 Å². The lowest BCUT2D eigenvalue weighted by Crippen LogP contribution is -2.53. The third-order valence-corrected chi connectivity index (χ3v) is 9.70. The topological polar surface area (TPSA) is 96.0 Å². The van der Waals surface area contributed by atoms with Crippen molar-refractivity contribution >= 4 is 38.3 Å². The van der Waals surface area contributed by atoms with Crippen molar-refractivity contribution in [3.63, 3.8) is 0 Å². The number of para-hydroxylation sites is 2. The molecule has 1 fully saturated rings. The maximum atomic E-state index is 13.8. The number of anilines is 1. The van der Waals surface area contributed by atoms with Gasteiger partial charge in [-0.3, -0.25) is 9.59 Å². The van der Waals surface area contributed by atoms with Crippen molar-refractivity contribution in [1.82, 2.24) is 9.62 Å². The highest BCUT2D eigenvalue weighted by atomic mass is 32.2. The third-order valence-electron chi connectivity index (χ3n) is 7.80. The second-order valence-electron chi connectivity index (χ2n) is 10.4. The van der Waals surface area contributed by atoms with Gasteiger partial charge in [0.2, 0.25) is 15.9 Å². The monoisotopic (exact) mass is 569 g/mol. The third kappa shape index (κ3) is 5.55. The van der Waals surface area contributed by atoms with Gasteiger partial charge in [0.25, 0.3) is 5.91 Å². The van der Waals surface area contributed by atoms with E-state index in [0.29, 0.717) is 30.8 Å². The molecule has 9 heteroatoms. The number of ether oxygens (including phenoxy) is 1. The van der Waals surface area contributed by atoms with Crippen LogP contribution in [0.3, 0.4) is 0 Å². The Balaban J connectivity index is 1.14. The van der Waals surface area contributed by atoms with Gasteiger partial charge < -0.3 is 15.0 Å². The van der Waals surface area contributed by atoms with E-state index < -0.39 is 16.1 Å². The minimum absolute atomic E-state index is 0.0894. The molecule has 8 nitrogen and oxygen atoms in total. The van der Waals surface area contributed by atoms with Crippen LogP contribution in [0, 0.1) is 5.92 Å². The molecule has 6 rings (SSSR count). The summed E-state index contributed by atoms with van der Waals surface area (Å²) in [5.74, 6) is -0.303. The summed E-state index contributed by atoms with van der Waals surface area (Å²) in [6, 6.07) is 29.6. The number of fused-ring (bicyclic) bond motifs is 2. The van der Waals surface area contributed by atoms with Gasteiger partial charge >= 0.3 is 0 Å². The summed E-state index contributed by atoms with van der Waals surface area (Å²) in [4.78, 5) is 28.7. The lowest BCUT2D eigenvalue weighted by Gasteiger charge is -2.38. The molecular formula is C32H31N3O5S. The lowest BCUT2D eigenvalue weighted by atomic mass is 9.95. The standard InChI is InChI=1S/C32H31N3O5S/c36-31(33-21-23-8-2-1-3-9-23)30-22-35(28-12-6-7-13-29(28)40-30)32(37)25-16-18-34(19-17-25)41(38,39)27-15-14-24-10-4-5-11-26(24)20-27/h1-15,20,25,30H,16-19,21-22H2,(H,33,36)/t30-/m0/s1. The van der Waals surface area contributed by atoms with E-state index in [0.717, 1.165) is 16.3 Å². The summed E-state index contributed by atoms with van der Waals surface area (Å²) in [5.41, 5.74) is 1.59. The van der Waals surface area contributed by atoms with Crippen LogP contribution < -0.4 is 15.0 Å². The number of benzene rings is 4. The van der Waals surface area contributed by atoms with Gasteiger partial charge in [-0.25, -0.2) is 8.42 Å². The average Bonchev–Trinajstić information content (AvgIpc) is 3.03. The molecule has 0 radical (unpaired) electrons. The van der Waals surface area contributed by atoms with E-state index in [2.05, 4.69) is 5.32 Å². The van der Waals surface area contributed by atoms with Crippen LogP contribution >= 0.6 is 0 Å². The highest BCUT2D eigenvalue weighted by Gasteiger charge is 2.39. The fourth-order valence-electron chi connectivity index (χ4n) is 5.52. The molecule has 1 saturated heterocycles. The zero-order valence-corrected chi connectivity index (χ0v) is 23.3. The zero-order valence-electron chi connectivity index (χ0n) is 22.5. The average molecular weight is 570 g/mol. The van der Waals surface area contributed by atoms with Gasteiger partial charge in [-0.15, -0.1) is 0 Å². The number of amides is 2. The highest BCUT2D eigenvalue weighted by Crippen LogP contribution is 2.36. The Kier molecular flexibility index (Phi) is 7.47. The number of carbonyl (C=O) groups excluding carboxylic acids is 2. The number of hydrogen-bond acceptors (Lipinski definition) is 5. The van der Waals surface area contributed by atoms with Gasteiger partial charge in [0.15, 0.2) is 6.10 Å². The number of carbonyl (C=O) groups is 2. The quantitative estimate of drug-likeness (QED) is 0.373. The molecule has 0 spiro atoms. The second kappa shape index (κ2) is 11.3. The molecule has 2 heterocycles. The first kappa shape index (κ1) is 27.0. The van der Waals surface area contributed by atoms with E-state index in [1.54, 1.807) is 23.1 Å². The molecule has 2 aliphatic heterocycles. The van der Waals surface area contributed by atoms with Crippen LogP contribution in [0.15, 0.2) is 102 Å². The number of rotatable bonds is 6. The van der Waals surface area contributed by atoms with E-state index in [1.165, 1.54) is 4.31 Å². The molecule has 4 aromatic carbocycles. The maximum Gasteiger partial charge on any atom is 0.263 e. The van der Waals surface area contributed by atoms with E-state index >= 15 is 0 Å². The molecule has 0 saturated carbocycles. The Morgan fingerprint density at radius 1 is 0.829 bits per heavy atom. The van der Waals surface area contributed by atoms with E-state index in [1.807, 2.05) is 78.9 Å². The van der Waals surface area contributed by atoms with Crippen LogP contribution in [0.4, 0.5) is 5.69 Å². The first-order chi connectivity index (χ1) is 19.9. The summed E-state index contributed by atoms with van der Waals surface area (Å²) < 4.78 is 34.3. The molecule has 0 bridgehead atoms. The van der Waals surface area contributed by atoms with Crippen molar-refractivity contribution < 1.29 is 22.7 Å². The Morgan fingerprint density at radius 2 is 1.51 bits per heavy atom. The SMILES string of the molecule is O=C(NCc1ccccc1)[C@@H]1CN(C(=O)C2CCN(S(=O)(=O)c3ccc4ccccc4c3)CC2)c2ccccc2O1. The molecule has 2 aliphatic rings. The first-order valence-electron chi connectivity index (χ1n) is 13.8. The Morgan fingerprint density at radius 3 is 2.29 bits per heavy atom. The van der Waals surface area contributed by atoms with Crippen LogP contribution in [0.25, 0.3) is 10.8 Å². The smallest absolute Gasteiger partial charge is 0.263 e. The van der Waals surface area contributed by atoms with Gasteiger partial charge in [0.1, 0.15) is 5.75 Å². The lowest BCUT2D eigenvalue weighted by molar-refractivity contribution is -0.129. The van der Waals surface area contributed by atoms with Gasteiger partial charge in [-0.1, -0.05) is 72.8 Å². The van der Waals surface area contributed by atoms with Crippen molar-refractivity contribution in [3.8, 4) is 5.75 Å². The normalized spacial score (nSPS) is 18.0. The van der Waals surface area contributed by atoms with Crippen molar-refractivity contribution in [2.24, 2.45) is 5.92 Å². The summed E-state index contributed by atoms with van der Waals surface area (Å²) in [5, 5.41) is 4.76. The van der Waals surface area contributed by atoms with Gasteiger partial charge in [0, 0.05) is 25.6 Å². The fraction of sp³-hybridized carbons (Fsp3) is 0.250. The van der Waals surface area contributed by atoms with Crippen molar-refractivity contribution in [2.75, 3.05) is 24.5 Å². The number of hydrogen-bond donors (Lipinski definition) is 1. The molecule has 2 amide bonds. The zero-order chi connectivity index (χ0) is 28.4. The Bertz CT molecular complexity index is 1680. The molecule has 1 atom stereocenters. The number of nitrogens with one attached hydrogen (secondary N) is 1. The first-order valence-corrected chi connectivity index (χ1v) is 15.2. The molecule has 1 N–H and O–H groups in total. The van der Waals surface area contributed by atoms with E-state index in [4.69, 9.17) is 4.74 Å². The minimum atomic E-state index is -3.69. The molecule has 0 aromatic heterocycles. The number of piperidine rings is 1. The maximum absolute atomic E-state index is 13.8. The highest BCUT2D eigenvalue weighted by molar-refractivity contribution is 7.89. The summed E-state index contributed by atoms with van der Waals surface area (Å²) in [7, 11) is -3.69. The van der Waals surface area contributed by atoms with Crippen LogP contribution in [0.5, 0.6) is 5.75 Å². The van der Waals surface area contributed by atoms with E-state index in [-0.39, 0.29) is 42.3 Å². The van der Waals surface area contributed by atoms with Gasteiger partial charge in [-0.05, 0) is 53.4 Å². The van der Waals surface area contributed by atoms with Crippen LogP contribution in [-0.4, -0.2) is 50.3 Å². The Hall–Kier alpha value is -4.21. The minimum Gasteiger partial charge on any atom is -0.477 e. The molecule has 0 aliphatic carbocycles. The molecule has 210 valence electrons. The summed E-state index contributed by atoms with van der Waals surface area (Å²) in [6.45, 7) is 0.947. The van der Waals surface area contributed by atoms with E-state index in [9.17, 15) is 18.0 Å². The van der Waals surface area contributed by atoms with Crippen molar-refractivity contribution in [2.45, 2.75) is 30.4 Å². The van der Waals surface area contributed by atoms with Gasteiger partial charge in [-0.2, -0.15) is 4.31 Å². The summed E-state index contributed by atoms with van der Waals surface area (Å²) >= 11 is 0. The second-order valence-corrected chi connectivity index (χ2v) is 12.4. The summed E-state index contributed by atoms with van der Waals surface area (Å²) in [6.07, 6.45) is -0.0579. The molecule has 0 unspecified atom stereocenters. The van der Waals surface area contributed by atoms with Crippen molar-refractivity contribution in [3.05, 3.63) is 103 Å². The fourth-order valence-corrected chi connectivity index (χ4v) is 7.02. The largest absolute Gasteiger partial charge is 0.477 e. The Labute approximate surface area is 239 Å². The molecule has 4 aromatic rings. The van der Waals surface area contributed by atoms with Crippen molar-refractivity contribution in [1.29, 1.82) is 0 Å². The predicted molar refractivity (Wildman–Crippen MR) is 157 cm³/mol.